The lowest BCUT2D eigenvalue weighted by Gasteiger charge is -2.19. The molecule has 0 aliphatic heterocycles. The van der Waals surface area contributed by atoms with E-state index in [1.165, 1.54) is 18.4 Å². The van der Waals surface area contributed by atoms with Crippen LogP contribution in [0.5, 0.6) is 0 Å². The molecule has 3 aromatic rings. The third kappa shape index (κ3) is 4.57. The predicted molar refractivity (Wildman–Crippen MR) is 124 cm³/mol. The van der Waals surface area contributed by atoms with Crippen molar-refractivity contribution in [2.75, 3.05) is 20.1 Å². The number of aliphatic imine (C=N–C) groups is 1. The molecule has 0 saturated heterocycles. The smallest absolute Gasteiger partial charge is 0.191 e. The Morgan fingerprint density at radius 2 is 2.04 bits per heavy atom. The number of pyridine rings is 1. The Labute approximate surface area is 186 Å². The SMILES string of the molecule is CN=C(NCCc1nnc2ccccn12)NCC1(c2cccc(Cl)c2)CC1.I. The van der Waals surface area contributed by atoms with Crippen LogP contribution in [0.25, 0.3) is 5.65 Å². The topological polar surface area (TPSA) is 66.6 Å². The van der Waals surface area contributed by atoms with E-state index in [-0.39, 0.29) is 29.4 Å². The molecule has 0 radical (unpaired) electrons. The van der Waals surface area contributed by atoms with Gasteiger partial charge in [0.05, 0.1) is 0 Å². The molecule has 0 amide bonds. The number of halogens is 2. The van der Waals surface area contributed by atoms with Crippen LogP contribution in [0, 0.1) is 0 Å². The van der Waals surface area contributed by atoms with Crippen LogP contribution in [-0.2, 0) is 11.8 Å². The number of aromatic nitrogens is 3. The molecular formula is C20H24ClIN6. The first kappa shape index (κ1) is 20.9. The summed E-state index contributed by atoms with van der Waals surface area (Å²) in [7, 11) is 1.79. The van der Waals surface area contributed by atoms with Gasteiger partial charge in [-0.15, -0.1) is 34.2 Å². The van der Waals surface area contributed by atoms with Crippen molar-refractivity contribution in [2.45, 2.75) is 24.7 Å². The molecule has 1 saturated carbocycles. The molecule has 4 rings (SSSR count). The fourth-order valence-electron chi connectivity index (χ4n) is 3.36. The molecule has 0 bridgehead atoms. The first-order valence-corrected chi connectivity index (χ1v) is 9.57. The average Bonchev–Trinajstić information content (AvgIpc) is 3.38. The Kier molecular flexibility index (Phi) is 6.77. The molecule has 1 aromatic carbocycles. The summed E-state index contributed by atoms with van der Waals surface area (Å²) in [4.78, 5) is 4.34. The van der Waals surface area contributed by atoms with E-state index in [0.717, 1.165) is 42.0 Å². The van der Waals surface area contributed by atoms with Crippen molar-refractivity contribution in [3.05, 3.63) is 65.1 Å². The first-order valence-electron chi connectivity index (χ1n) is 9.19. The van der Waals surface area contributed by atoms with Gasteiger partial charge in [0.1, 0.15) is 5.82 Å². The number of hydrogen-bond acceptors (Lipinski definition) is 3. The van der Waals surface area contributed by atoms with Crippen molar-refractivity contribution in [1.82, 2.24) is 25.2 Å². The van der Waals surface area contributed by atoms with Crippen LogP contribution in [0.3, 0.4) is 0 Å². The molecule has 6 nitrogen and oxygen atoms in total. The zero-order valence-corrected chi connectivity index (χ0v) is 18.8. The first-order chi connectivity index (χ1) is 13.2. The highest BCUT2D eigenvalue weighted by Gasteiger charge is 2.44. The van der Waals surface area contributed by atoms with Crippen LogP contribution in [0.15, 0.2) is 53.7 Å². The van der Waals surface area contributed by atoms with Crippen molar-refractivity contribution >= 4 is 47.2 Å². The van der Waals surface area contributed by atoms with Gasteiger partial charge in [-0.3, -0.25) is 9.39 Å². The number of benzene rings is 1. The lowest BCUT2D eigenvalue weighted by atomic mass is 9.96. The third-order valence-corrected chi connectivity index (χ3v) is 5.37. The summed E-state index contributed by atoms with van der Waals surface area (Å²) in [6.45, 7) is 1.58. The van der Waals surface area contributed by atoms with Gasteiger partial charge in [0.15, 0.2) is 11.6 Å². The monoisotopic (exact) mass is 510 g/mol. The Hall–Kier alpha value is -1.87. The van der Waals surface area contributed by atoms with Gasteiger partial charge >= 0.3 is 0 Å². The highest BCUT2D eigenvalue weighted by Crippen LogP contribution is 2.48. The van der Waals surface area contributed by atoms with Crippen LogP contribution in [0.4, 0.5) is 0 Å². The molecular weight excluding hydrogens is 487 g/mol. The van der Waals surface area contributed by atoms with Crippen LogP contribution >= 0.6 is 35.6 Å². The lowest BCUT2D eigenvalue weighted by molar-refractivity contribution is 0.644. The van der Waals surface area contributed by atoms with Gasteiger partial charge < -0.3 is 10.6 Å². The summed E-state index contributed by atoms with van der Waals surface area (Å²) in [5, 5.41) is 16.1. The van der Waals surface area contributed by atoms with Gasteiger partial charge in [0.2, 0.25) is 0 Å². The second-order valence-corrected chi connectivity index (χ2v) is 7.37. The van der Waals surface area contributed by atoms with Crippen LogP contribution in [-0.4, -0.2) is 40.7 Å². The van der Waals surface area contributed by atoms with E-state index in [0.29, 0.717) is 0 Å². The van der Waals surface area contributed by atoms with Crippen molar-refractivity contribution in [3.63, 3.8) is 0 Å². The second-order valence-electron chi connectivity index (χ2n) is 6.94. The van der Waals surface area contributed by atoms with E-state index in [9.17, 15) is 0 Å². The molecule has 148 valence electrons. The zero-order chi connectivity index (χ0) is 18.7. The minimum atomic E-state index is 0. The molecule has 1 aliphatic carbocycles. The Morgan fingerprint density at radius 3 is 2.79 bits per heavy atom. The molecule has 1 fully saturated rings. The maximum Gasteiger partial charge on any atom is 0.191 e. The number of rotatable bonds is 6. The van der Waals surface area contributed by atoms with E-state index < -0.39 is 0 Å². The molecule has 2 N–H and O–H groups in total. The van der Waals surface area contributed by atoms with E-state index in [4.69, 9.17) is 11.6 Å². The number of nitrogens with one attached hydrogen (secondary N) is 2. The maximum atomic E-state index is 6.16. The van der Waals surface area contributed by atoms with Gasteiger partial charge in [-0.2, -0.15) is 0 Å². The standard InChI is InChI=1S/C20H23ClN6.HI/c1-22-19(23-11-8-18-26-25-17-7-2-3-12-27(17)18)24-14-20(9-10-20)15-5-4-6-16(21)13-15;/h2-7,12-13H,8-11,14H2,1H3,(H2,22,23,24);1H. The van der Waals surface area contributed by atoms with Crippen LogP contribution < -0.4 is 10.6 Å². The van der Waals surface area contributed by atoms with Gasteiger partial charge in [0, 0.05) is 43.2 Å². The number of nitrogens with zero attached hydrogens (tertiary/aromatic N) is 4. The molecule has 8 heteroatoms. The van der Waals surface area contributed by atoms with E-state index >= 15 is 0 Å². The summed E-state index contributed by atoms with van der Waals surface area (Å²) >= 11 is 6.16. The number of hydrogen-bond donors (Lipinski definition) is 2. The normalized spacial score (nSPS) is 15.1. The minimum Gasteiger partial charge on any atom is -0.356 e. The largest absolute Gasteiger partial charge is 0.356 e. The van der Waals surface area contributed by atoms with E-state index in [2.05, 4.69) is 38.0 Å². The highest BCUT2D eigenvalue weighted by molar-refractivity contribution is 14.0. The molecule has 0 unspecified atom stereocenters. The molecule has 0 spiro atoms. The fourth-order valence-corrected chi connectivity index (χ4v) is 3.55. The summed E-state index contributed by atoms with van der Waals surface area (Å²) in [5.41, 5.74) is 2.34. The summed E-state index contributed by atoms with van der Waals surface area (Å²) in [6, 6.07) is 14.1. The number of guanidine groups is 1. The van der Waals surface area contributed by atoms with Crippen LogP contribution in [0.1, 0.15) is 24.2 Å². The minimum absolute atomic E-state index is 0. The second kappa shape index (κ2) is 9.09. The Balaban J connectivity index is 0.00000225. The van der Waals surface area contributed by atoms with E-state index in [1.807, 2.05) is 40.9 Å². The lowest BCUT2D eigenvalue weighted by Crippen LogP contribution is -2.42. The molecule has 2 heterocycles. The third-order valence-electron chi connectivity index (χ3n) is 5.13. The van der Waals surface area contributed by atoms with Crippen molar-refractivity contribution < 1.29 is 0 Å². The molecule has 0 atom stereocenters. The number of fused-ring (bicyclic) bond motifs is 1. The Bertz CT molecular complexity index is 966. The van der Waals surface area contributed by atoms with Crippen molar-refractivity contribution in [2.24, 2.45) is 4.99 Å². The van der Waals surface area contributed by atoms with Gasteiger partial charge in [-0.25, -0.2) is 0 Å². The molecule has 28 heavy (non-hydrogen) atoms. The maximum absolute atomic E-state index is 6.16. The van der Waals surface area contributed by atoms with Crippen molar-refractivity contribution in [3.8, 4) is 0 Å². The quantitative estimate of drug-likeness (QED) is 0.303. The van der Waals surface area contributed by atoms with Crippen molar-refractivity contribution in [1.29, 1.82) is 0 Å². The zero-order valence-electron chi connectivity index (χ0n) is 15.7. The van der Waals surface area contributed by atoms with Gasteiger partial charge in [-0.05, 0) is 42.7 Å². The van der Waals surface area contributed by atoms with Gasteiger partial charge in [0.25, 0.3) is 0 Å². The predicted octanol–water partition coefficient (Wildman–Crippen LogP) is 3.44. The Morgan fingerprint density at radius 1 is 1.18 bits per heavy atom. The van der Waals surface area contributed by atoms with Gasteiger partial charge in [-0.1, -0.05) is 29.8 Å². The summed E-state index contributed by atoms with van der Waals surface area (Å²) in [5.74, 6) is 1.74. The molecule has 2 aromatic heterocycles. The highest BCUT2D eigenvalue weighted by atomic mass is 127. The summed E-state index contributed by atoms with van der Waals surface area (Å²) in [6.07, 6.45) is 5.09. The fraction of sp³-hybridized carbons (Fsp3) is 0.350. The van der Waals surface area contributed by atoms with Crippen LogP contribution in [0.2, 0.25) is 5.02 Å². The summed E-state index contributed by atoms with van der Waals surface area (Å²) < 4.78 is 2.01. The average molecular weight is 511 g/mol. The molecule has 1 aliphatic rings. The van der Waals surface area contributed by atoms with E-state index in [1.54, 1.807) is 7.05 Å².